The van der Waals surface area contributed by atoms with E-state index < -0.39 is 0 Å². The van der Waals surface area contributed by atoms with Crippen LogP contribution in [0.1, 0.15) is 20.8 Å². The molecule has 0 fully saturated rings. The Kier molecular flexibility index (Phi) is 7.42. The molecule has 1 amide bonds. The van der Waals surface area contributed by atoms with E-state index >= 15 is 0 Å². The van der Waals surface area contributed by atoms with Crippen molar-refractivity contribution in [1.29, 1.82) is 0 Å². The number of nitrogens with zero attached hydrogens (tertiary/aromatic N) is 1. The Labute approximate surface area is 87.0 Å². The van der Waals surface area contributed by atoms with E-state index in [1.165, 1.54) is 0 Å². The van der Waals surface area contributed by atoms with Crippen LogP contribution < -0.4 is 10.6 Å². The topological polar surface area (TPSA) is 44.4 Å². The second kappa shape index (κ2) is 7.76. The number of nitrogens with one attached hydrogen (secondary N) is 2. The van der Waals surface area contributed by atoms with E-state index in [-0.39, 0.29) is 11.9 Å². The summed E-state index contributed by atoms with van der Waals surface area (Å²) in [6.07, 6.45) is 0. The molecule has 0 atom stereocenters. The highest BCUT2D eigenvalue weighted by Crippen LogP contribution is 1.78. The first kappa shape index (κ1) is 13.4. The molecule has 0 aromatic carbocycles. The zero-order chi connectivity index (χ0) is 11.0. The number of hydrogen-bond donors (Lipinski definition) is 2. The standard InChI is InChI=1S/C10H23N3O/c1-5-13(4)7-6-11-8-10(14)12-9(2)3/h9,11H,5-8H2,1-4H3,(H,12,14). The molecular formula is C10H23N3O. The van der Waals surface area contributed by atoms with Crippen LogP contribution >= 0.6 is 0 Å². The van der Waals surface area contributed by atoms with Gasteiger partial charge >= 0.3 is 0 Å². The van der Waals surface area contributed by atoms with Gasteiger partial charge in [0.1, 0.15) is 0 Å². The van der Waals surface area contributed by atoms with E-state index in [0.717, 1.165) is 19.6 Å². The van der Waals surface area contributed by atoms with E-state index in [1.807, 2.05) is 13.8 Å². The molecule has 0 aliphatic carbocycles. The van der Waals surface area contributed by atoms with Gasteiger partial charge in [-0.25, -0.2) is 0 Å². The first-order chi connectivity index (χ1) is 6.56. The summed E-state index contributed by atoms with van der Waals surface area (Å²) >= 11 is 0. The van der Waals surface area contributed by atoms with Crippen molar-refractivity contribution in [3.63, 3.8) is 0 Å². The quantitative estimate of drug-likeness (QED) is 0.572. The van der Waals surface area contributed by atoms with E-state index in [9.17, 15) is 4.79 Å². The highest BCUT2D eigenvalue weighted by Gasteiger charge is 2.01. The van der Waals surface area contributed by atoms with Crippen LogP contribution in [-0.4, -0.2) is 50.1 Å². The lowest BCUT2D eigenvalue weighted by molar-refractivity contribution is -0.120. The van der Waals surface area contributed by atoms with Crippen molar-refractivity contribution in [1.82, 2.24) is 15.5 Å². The SMILES string of the molecule is CCN(C)CCNCC(=O)NC(C)C. The Morgan fingerprint density at radius 1 is 1.43 bits per heavy atom. The average Bonchev–Trinajstić information content (AvgIpc) is 2.10. The Bertz CT molecular complexity index is 159. The van der Waals surface area contributed by atoms with E-state index in [4.69, 9.17) is 0 Å². The highest BCUT2D eigenvalue weighted by molar-refractivity contribution is 5.78. The van der Waals surface area contributed by atoms with Gasteiger partial charge < -0.3 is 15.5 Å². The van der Waals surface area contributed by atoms with E-state index in [1.54, 1.807) is 0 Å². The van der Waals surface area contributed by atoms with Crippen LogP contribution in [0.4, 0.5) is 0 Å². The zero-order valence-electron chi connectivity index (χ0n) is 9.76. The number of rotatable bonds is 7. The number of carbonyl (C=O) groups is 1. The third kappa shape index (κ3) is 8.01. The molecule has 0 saturated heterocycles. The third-order valence-electron chi connectivity index (χ3n) is 1.95. The summed E-state index contributed by atoms with van der Waals surface area (Å²) in [5.41, 5.74) is 0. The monoisotopic (exact) mass is 201 g/mol. The highest BCUT2D eigenvalue weighted by atomic mass is 16.1. The molecule has 0 spiro atoms. The fourth-order valence-corrected chi connectivity index (χ4v) is 1.00. The van der Waals surface area contributed by atoms with Gasteiger partial charge in [-0.3, -0.25) is 4.79 Å². The smallest absolute Gasteiger partial charge is 0.234 e. The maximum Gasteiger partial charge on any atom is 0.234 e. The predicted octanol–water partition coefficient (Wildman–Crippen LogP) is 0.0523. The molecule has 0 aliphatic heterocycles. The Hall–Kier alpha value is -0.610. The van der Waals surface area contributed by atoms with Gasteiger partial charge in [0.25, 0.3) is 0 Å². The summed E-state index contributed by atoms with van der Waals surface area (Å²) in [6, 6.07) is 0.225. The fraction of sp³-hybridized carbons (Fsp3) is 0.900. The van der Waals surface area contributed by atoms with E-state index in [0.29, 0.717) is 6.54 Å². The van der Waals surface area contributed by atoms with Crippen LogP contribution in [0.5, 0.6) is 0 Å². The van der Waals surface area contributed by atoms with Crippen LogP contribution in [0.25, 0.3) is 0 Å². The molecule has 0 rings (SSSR count). The molecule has 14 heavy (non-hydrogen) atoms. The normalized spacial score (nSPS) is 11.0. The van der Waals surface area contributed by atoms with Crippen LogP contribution in [0.2, 0.25) is 0 Å². The van der Waals surface area contributed by atoms with Crippen molar-refractivity contribution < 1.29 is 4.79 Å². The lowest BCUT2D eigenvalue weighted by atomic mass is 10.4. The summed E-state index contributed by atoms with van der Waals surface area (Å²) in [5.74, 6) is 0.0687. The second-order valence-corrected chi connectivity index (χ2v) is 3.79. The maximum atomic E-state index is 11.2. The fourth-order valence-electron chi connectivity index (χ4n) is 1.00. The molecule has 0 saturated carbocycles. The molecule has 4 nitrogen and oxygen atoms in total. The summed E-state index contributed by atoms with van der Waals surface area (Å²) in [5, 5.41) is 5.93. The van der Waals surface area contributed by atoms with Crippen molar-refractivity contribution >= 4 is 5.91 Å². The van der Waals surface area contributed by atoms with Gasteiger partial charge in [-0.15, -0.1) is 0 Å². The minimum atomic E-state index is 0.0687. The third-order valence-corrected chi connectivity index (χ3v) is 1.95. The molecule has 84 valence electrons. The Morgan fingerprint density at radius 2 is 2.07 bits per heavy atom. The first-order valence-corrected chi connectivity index (χ1v) is 5.24. The summed E-state index contributed by atoms with van der Waals surface area (Å²) in [4.78, 5) is 13.4. The minimum Gasteiger partial charge on any atom is -0.353 e. The first-order valence-electron chi connectivity index (χ1n) is 5.24. The number of likely N-dealkylation sites (N-methyl/N-ethyl adjacent to an activating group) is 1. The lowest BCUT2D eigenvalue weighted by Crippen LogP contribution is -2.39. The van der Waals surface area contributed by atoms with Crippen molar-refractivity contribution in [3.05, 3.63) is 0 Å². The van der Waals surface area contributed by atoms with Gasteiger partial charge in [-0.2, -0.15) is 0 Å². The van der Waals surface area contributed by atoms with Crippen molar-refractivity contribution in [2.75, 3.05) is 33.2 Å². The molecule has 0 aliphatic rings. The van der Waals surface area contributed by atoms with Crippen LogP contribution in [0.3, 0.4) is 0 Å². The molecule has 0 aromatic rings. The molecule has 2 N–H and O–H groups in total. The summed E-state index contributed by atoms with van der Waals surface area (Å²) in [6.45, 7) is 9.33. The van der Waals surface area contributed by atoms with Crippen LogP contribution in [0.15, 0.2) is 0 Å². The molecule has 0 radical (unpaired) electrons. The number of carbonyl (C=O) groups excluding carboxylic acids is 1. The van der Waals surface area contributed by atoms with Crippen molar-refractivity contribution in [2.45, 2.75) is 26.8 Å². The molecule has 0 bridgehead atoms. The minimum absolute atomic E-state index is 0.0687. The molecule has 0 unspecified atom stereocenters. The second-order valence-electron chi connectivity index (χ2n) is 3.79. The van der Waals surface area contributed by atoms with Crippen molar-refractivity contribution in [3.8, 4) is 0 Å². The van der Waals surface area contributed by atoms with E-state index in [2.05, 4.69) is 29.5 Å². The van der Waals surface area contributed by atoms with Gasteiger partial charge in [0.15, 0.2) is 0 Å². The van der Waals surface area contributed by atoms with Gasteiger partial charge in [-0.1, -0.05) is 6.92 Å². The molecule has 0 heterocycles. The van der Waals surface area contributed by atoms with Gasteiger partial charge in [0.05, 0.1) is 6.54 Å². The average molecular weight is 201 g/mol. The number of amides is 1. The maximum absolute atomic E-state index is 11.2. The Balaban J connectivity index is 3.31. The van der Waals surface area contributed by atoms with Gasteiger partial charge in [-0.05, 0) is 27.4 Å². The van der Waals surface area contributed by atoms with Gasteiger partial charge in [0.2, 0.25) is 5.91 Å². The zero-order valence-corrected chi connectivity index (χ0v) is 9.76. The number of hydrogen-bond acceptors (Lipinski definition) is 3. The molecular weight excluding hydrogens is 178 g/mol. The predicted molar refractivity (Wildman–Crippen MR) is 59.3 cm³/mol. The Morgan fingerprint density at radius 3 is 2.57 bits per heavy atom. The van der Waals surface area contributed by atoms with Crippen LogP contribution in [0, 0.1) is 0 Å². The molecule has 0 aromatic heterocycles. The molecule has 4 heteroatoms. The lowest BCUT2D eigenvalue weighted by Gasteiger charge is -2.14. The summed E-state index contributed by atoms with van der Waals surface area (Å²) in [7, 11) is 2.07. The largest absolute Gasteiger partial charge is 0.353 e. The summed E-state index contributed by atoms with van der Waals surface area (Å²) < 4.78 is 0. The van der Waals surface area contributed by atoms with Crippen molar-refractivity contribution in [2.24, 2.45) is 0 Å². The van der Waals surface area contributed by atoms with Gasteiger partial charge in [0, 0.05) is 19.1 Å². The van der Waals surface area contributed by atoms with Crippen LogP contribution in [-0.2, 0) is 4.79 Å².